The van der Waals surface area contributed by atoms with Crippen LogP contribution in [0.15, 0.2) is 53.4 Å². The lowest BCUT2D eigenvalue weighted by molar-refractivity contribution is 0.102. The van der Waals surface area contributed by atoms with Gasteiger partial charge in [0.25, 0.3) is 5.91 Å². The number of hydrogen-bond donors (Lipinski definition) is 2. The molecule has 0 aliphatic heterocycles. The molecule has 0 heterocycles. The molecule has 0 fully saturated rings. The van der Waals surface area contributed by atoms with Gasteiger partial charge in [0.15, 0.2) is 0 Å². The molecule has 86 valence electrons. The van der Waals surface area contributed by atoms with Crippen molar-refractivity contribution in [1.29, 1.82) is 0 Å². The van der Waals surface area contributed by atoms with E-state index in [1.165, 1.54) is 12.1 Å². The summed E-state index contributed by atoms with van der Waals surface area (Å²) in [4.78, 5) is 12.4. The molecule has 2 aromatic carbocycles. The number of benzene rings is 2. The van der Waals surface area contributed by atoms with Gasteiger partial charge in [-0.2, -0.15) is 0 Å². The Morgan fingerprint density at radius 2 is 1.71 bits per heavy atom. The van der Waals surface area contributed by atoms with Crippen molar-refractivity contribution in [2.24, 2.45) is 0 Å². The molecule has 0 atom stereocenters. The smallest absolute Gasteiger partial charge is 0.258 e. The van der Waals surface area contributed by atoms with Gasteiger partial charge < -0.3 is 5.32 Å². The predicted octanol–water partition coefficient (Wildman–Crippen LogP) is 3.37. The number of rotatable bonds is 2. The van der Waals surface area contributed by atoms with Gasteiger partial charge in [-0.25, -0.2) is 4.39 Å². The van der Waals surface area contributed by atoms with Crippen molar-refractivity contribution in [3.05, 3.63) is 59.9 Å². The Morgan fingerprint density at radius 3 is 2.41 bits per heavy atom. The Bertz CT molecular complexity index is 557. The molecule has 0 aliphatic rings. The Hall–Kier alpha value is -1.81. The fourth-order valence-electron chi connectivity index (χ4n) is 1.41. The number of carbonyl (C=O) groups is 1. The Kier molecular flexibility index (Phi) is 3.44. The third kappa shape index (κ3) is 2.65. The summed E-state index contributed by atoms with van der Waals surface area (Å²) in [6.07, 6.45) is 0. The number of thiol groups is 1. The van der Waals surface area contributed by atoms with Crippen LogP contribution >= 0.6 is 12.6 Å². The molecule has 0 bridgehead atoms. The molecule has 1 amide bonds. The summed E-state index contributed by atoms with van der Waals surface area (Å²) in [6, 6.07) is 12.9. The van der Waals surface area contributed by atoms with E-state index in [1.54, 1.807) is 36.4 Å². The van der Waals surface area contributed by atoms with Crippen LogP contribution in [-0.2, 0) is 0 Å². The highest BCUT2D eigenvalue weighted by Gasteiger charge is 2.11. The predicted molar refractivity (Wildman–Crippen MR) is 68.0 cm³/mol. The largest absolute Gasteiger partial charge is 0.321 e. The summed E-state index contributed by atoms with van der Waals surface area (Å²) in [5, 5.41) is 2.61. The summed E-state index contributed by atoms with van der Waals surface area (Å²) in [5.41, 5.74) is 0.577. The number of amides is 1. The van der Waals surface area contributed by atoms with Crippen molar-refractivity contribution in [3.8, 4) is 0 Å². The third-order valence-electron chi connectivity index (χ3n) is 2.27. The second-order valence-corrected chi connectivity index (χ2v) is 3.93. The number of hydrogen-bond acceptors (Lipinski definition) is 2. The molecule has 2 aromatic rings. The highest BCUT2D eigenvalue weighted by molar-refractivity contribution is 7.80. The summed E-state index contributed by atoms with van der Waals surface area (Å²) in [7, 11) is 0. The Morgan fingerprint density at radius 1 is 1.06 bits per heavy atom. The maximum Gasteiger partial charge on any atom is 0.258 e. The van der Waals surface area contributed by atoms with E-state index in [0.717, 1.165) is 0 Å². The summed E-state index contributed by atoms with van der Waals surface area (Å²) in [5.74, 6) is -1.02. The molecule has 4 heteroatoms. The van der Waals surface area contributed by atoms with Crippen LogP contribution in [0, 0.1) is 5.82 Å². The van der Waals surface area contributed by atoms with E-state index >= 15 is 0 Å². The van der Waals surface area contributed by atoms with Gasteiger partial charge in [0.05, 0.1) is 11.3 Å². The van der Waals surface area contributed by atoms with Crippen molar-refractivity contribution >= 4 is 24.2 Å². The van der Waals surface area contributed by atoms with Crippen LogP contribution in [-0.4, -0.2) is 5.91 Å². The summed E-state index contributed by atoms with van der Waals surface area (Å²) < 4.78 is 13.4. The van der Waals surface area contributed by atoms with E-state index in [1.807, 2.05) is 0 Å². The van der Waals surface area contributed by atoms with E-state index in [9.17, 15) is 9.18 Å². The van der Waals surface area contributed by atoms with Gasteiger partial charge in [0.1, 0.15) is 5.82 Å². The minimum Gasteiger partial charge on any atom is -0.321 e. The zero-order valence-corrected chi connectivity index (χ0v) is 9.75. The topological polar surface area (TPSA) is 29.1 Å². The lowest BCUT2D eigenvalue weighted by Crippen LogP contribution is -2.13. The van der Waals surface area contributed by atoms with Gasteiger partial charge in [-0.15, -0.1) is 12.6 Å². The minimum atomic E-state index is -0.540. The van der Waals surface area contributed by atoms with E-state index in [2.05, 4.69) is 17.9 Å². The molecule has 0 unspecified atom stereocenters. The Labute approximate surface area is 104 Å². The maximum absolute atomic E-state index is 13.4. The highest BCUT2D eigenvalue weighted by atomic mass is 32.1. The van der Waals surface area contributed by atoms with Crippen molar-refractivity contribution < 1.29 is 9.18 Å². The number of anilines is 1. The zero-order valence-electron chi connectivity index (χ0n) is 8.85. The van der Waals surface area contributed by atoms with Crippen molar-refractivity contribution in [1.82, 2.24) is 0 Å². The first-order valence-corrected chi connectivity index (χ1v) is 5.47. The standard InChI is InChI=1S/C13H10FNOS/c14-10-6-2-1-5-9(10)13(16)15-11-7-3-4-8-12(11)17/h1-8,17H,(H,15,16). The van der Waals surface area contributed by atoms with Gasteiger partial charge in [-0.1, -0.05) is 24.3 Å². The fourth-order valence-corrected chi connectivity index (χ4v) is 1.63. The van der Waals surface area contributed by atoms with E-state index in [-0.39, 0.29) is 5.56 Å². The molecule has 0 saturated heterocycles. The number of carbonyl (C=O) groups excluding carboxylic acids is 1. The highest BCUT2D eigenvalue weighted by Crippen LogP contribution is 2.19. The van der Waals surface area contributed by atoms with Crippen LogP contribution in [0.2, 0.25) is 0 Å². The minimum absolute atomic E-state index is 0.0177. The zero-order chi connectivity index (χ0) is 12.3. The van der Waals surface area contributed by atoms with Crippen LogP contribution in [0.25, 0.3) is 0 Å². The van der Waals surface area contributed by atoms with Gasteiger partial charge in [-0.05, 0) is 24.3 Å². The molecule has 1 N–H and O–H groups in total. The lowest BCUT2D eigenvalue weighted by Gasteiger charge is -2.07. The molecule has 0 saturated carbocycles. The van der Waals surface area contributed by atoms with Crippen LogP contribution < -0.4 is 5.32 Å². The molecule has 2 nitrogen and oxygen atoms in total. The normalized spacial score (nSPS) is 10.0. The molecule has 2 rings (SSSR count). The summed E-state index contributed by atoms with van der Waals surface area (Å²) >= 11 is 4.20. The molecule has 0 aromatic heterocycles. The number of para-hydroxylation sites is 1. The Balaban J connectivity index is 2.24. The number of halogens is 1. The first kappa shape index (κ1) is 11.7. The number of nitrogens with one attached hydrogen (secondary N) is 1. The van der Waals surface area contributed by atoms with Gasteiger partial charge >= 0.3 is 0 Å². The first-order valence-electron chi connectivity index (χ1n) is 5.02. The SMILES string of the molecule is O=C(Nc1ccccc1S)c1ccccc1F. The van der Waals surface area contributed by atoms with E-state index < -0.39 is 11.7 Å². The molecule has 0 aliphatic carbocycles. The first-order chi connectivity index (χ1) is 8.18. The van der Waals surface area contributed by atoms with E-state index in [0.29, 0.717) is 10.6 Å². The van der Waals surface area contributed by atoms with Crippen LogP contribution in [0.3, 0.4) is 0 Å². The monoisotopic (exact) mass is 247 g/mol. The maximum atomic E-state index is 13.4. The van der Waals surface area contributed by atoms with Crippen LogP contribution in [0.1, 0.15) is 10.4 Å². The van der Waals surface area contributed by atoms with Crippen molar-refractivity contribution in [2.75, 3.05) is 5.32 Å². The molecule has 0 spiro atoms. The average molecular weight is 247 g/mol. The molecule has 0 radical (unpaired) electrons. The van der Waals surface area contributed by atoms with Gasteiger partial charge in [0, 0.05) is 4.90 Å². The second-order valence-electron chi connectivity index (χ2n) is 3.45. The van der Waals surface area contributed by atoms with Crippen LogP contribution in [0.4, 0.5) is 10.1 Å². The second kappa shape index (κ2) is 5.01. The average Bonchev–Trinajstić information content (AvgIpc) is 2.32. The molecule has 17 heavy (non-hydrogen) atoms. The quantitative estimate of drug-likeness (QED) is 0.783. The van der Waals surface area contributed by atoms with E-state index in [4.69, 9.17) is 0 Å². The summed E-state index contributed by atoms with van der Waals surface area (Å²) in [6.45, 7) is 0. The molecular formula is C13H10FNOS. The van der Waals surface area contributed by atoms with Gasteiger partial charge in [-0.3, -0.25) is 4.79 Å². The fraction of sp³-hybridized carbons (Fsp3) is 0. The van der Waals surface area contributed by atoms with Crippen LogP contribution in [0.5, 0.6) is 0 Å². The molecular weight excluding hydrogens is 237 g/mol. The van der Waals surface area contributed by atoms with Gasteiger partial charge in [0.2, 0.25) is 0 Å². The van der Waals surface area contributed by atoms with Crippen molar-refractivity contribution in [3.63, 3.8) is 0 Å². The third-order valence-corrected chi connectivity index (χ3v) is 2.66. The lowest BCUT2D eigenvalue weighted by atomic mass is 10.2. The van der Waals surface area contributed by atoms with Crippen molar-refractivity contribution in [2.45, 2.75) is 4.90 Å².